The van der Waals surface area contributed by atoms with Crippen molar-refractivity contribution in [1.29, 1.82) is 5.26 Å². The number of benzene rings is 2. The Morgan fingerprint density at radius 2 is 1.76 bits per heavy atom. The van der Waals surface area contributed by atoms with Gasteiger partial charge in [-0.05, 0) is 70.6 Å². The zero-order valence-corrected chi connectivity index (χ0v) is 24.4. The summed E-state index contributed by atoms with van der Waals surface area (Å²) in [5, 5.41) is 16.5. The van der Waals surface area contributed by atoms with E-state index in [1.165, 1.54) is 0 Å². The minimum Gasteiger partial charge on any atom is -0.444 e. The number of nitrogens with one attached hydrogen (secondary N) is 3. The molecule has 9 heteroatoms. The smallest absolute Gasteiger partial charge is 0.408 e. The van der Waals surface area contributed by atoms with Crippen LogP contribution in [0.1, 0.15) is 64.5 Å². The SMILES string of the molecule is CC(C)(C)OC(=O)NC(C)(C)C(=O)N[C@H](Cc1c[nH]c2ccccc12)C(=O)N1CCC(c2ccccc2)CC1C#N. The van der Waals surface area contributed by atoms with Crippen LogP contribution in [0, 0.1) is 11.3 Å². The van der Waals surface area contributed by atoms with Crippen LogP contribution < -0.4 is 10.6 Å². The third-order valence-corrected chi connectivity index (χ3v) is 7.39. The average molecular weight is 558 g/mol. The van der Waals surface area contributed by atoms with Gasteiger partial charge < -0.3 is 25.3 Å². The molecule has 2 heterocycles. The molecule has 0 bridgehead atoms. The maximum absolute atomic E-state index is 14.1. The Bertz CT molecular complexity index is 1430. The molecule has 1 aliphatic heterocycles. The fourth-order valence-corrected chi connectivity index (χ4v) is 5.25. The average Bonchev–Trinajstić information content (AvgIpc) is 3.33. The fourth-order valence-electron chi connectivity index (χ4n) is 5.25. The molecule has 2 unspecified atom stereocenters. The minimum atomic E-state index is -1.37. The van der Waals surface area contributed by atoms with Crippen molar-refractivity contribution in [3.8, 4) is 6.07 Å². The van der Waals surface area contributed by atoms with E-state index in [0.29, 0.717) is 19.4 Å². The molecular weight excluding hydrogens is 518 g/mol. The summed E-state index contributed by atoms with van der Waals surface area (Å²) in [5.41, 5.74) is 0.840. The van der Waals surface area contributed by atoms with Gasteiger partial charge in [-0.25, -0.2) is 4.79 Å². The van der Waals surface area contributed by atoms with Crippen molar-refractivity contribution in [3.63, 3.8) is 0 Å². The fraction of sp³-hybridized carbons (Fsp3) is 0.438. The summed E-state index contributed by atoms with van der Waals surface area (Å²) in [7, 11) is 0. The lowest BCUT2D eigenvalue weighted by molar-refractivity contribution is -0.139. The molecule has 2 aromatic carbocycles. The van der Waals surface area contributed by atoms with E-state index >= 15 is 0 Å². The molecule has 216 valence electrons. The van der Waals surface area contributed by atoms with E-state index in [9.17, 15) is 19.6 Å². The highest BCUT2D eigenvalue weighted by atomic mass is 16.6. The largest absolute Gasteiger partial charge is 0.444 e. The lowest BCUT2D eigenvalue weighted by Crippen LogP contribution is -2.61. The number of nitrogens with zero attached hydrogens (tertiary/aromatic N) is 2. The zero-order chi connectivity index (χ0) is 29.8. The predicted molar refractivity (Wildman–Crippen MR) is 157 cm³/mol. The minimum absolute atomic E-state index is 0.170. The van der Waals surface area contributed by atoms with Crippen LogP contribution in [0.25, 0.3) is 10.9 Å². The van der Waals surface area contributed by atoms with Gasteiger partial charge in [0.05, 0.1) is 6.07 Å². The topological polar surface area (TPSA) is 127 Å². The number of para-hydroxylation sites is 1. The van der Waals surface area contributed by atoms with Crippen LogP contribution in [0.15, 0.2) is 60.8 Å². The van der Waals surface area contributed by atoms with Gasteiger partial charge in [0, 0.05) is 30.1 Å². The molecule has 0 saturated carbocycles. The van der Waals surface area contributed by atoms with Crippen molar-refractivity contribution < 1.29 is 19.1 Å². The first kappa shape index (κ1) is 29.7. The van der Waals surface area contributed by atoms with Gasteiger partial charge in [0.1, 0.15) is 23.2 Å². The van der Waals surface area contributed by atoms with E-state index in [2.05, 4.69) is 33.8 Å². The summed E-state index contributed by atoms with van der Waals surface area (Å²) in [6.07, 6.45) is 2.56. The molecule has 41 heavy (non-hydrogen) atoms. The lowest BCUT2D eigenvalue weighted by atomic mass is 9.85. The van der Waals surface area contributed by atoms with Crippen LogP contribution in [0.3, 0.4) is 0 Å². The predicted octanol–water partition coefficient (Wildman–Crippen LogP) is 4.80. The van der Waals surface area contributed by atoms with Crippen molar-refractivity contribution in [2.75, 3.05) is 6.54 Å². The first-order valence-electron chi connectivity index (χ1n) is 14.0. The highest BCUT2D eigenvalue weighted by Gasteiger charge is 2.39. The normalized spacial score (nSPS) is 18.3. The highest BCUT2D eigenvalue weighted by Crippen LogP contribution is 2.32. The molecule has 4 rings (SSSR count). The number of rotatable bonds is 7. The number of aromatic amines is 1. The highest BCUT2D eigenvalue weighted by molar-refractivity contribution is 5.94. The molecule has 3 aromatic rings. The quantitative estimate of drug-likeness (QED) is 0.385. The van der Waals surface area contributed by atoms with Crippen molar-refractivity contribution in [2.45, 2.75) is 83.0 Å². The Morgan fingerprint density at radius 3 is 2.44 bits per heavy atom. The molecular formula is C32H39N5O4. The number of aromatic nitrogens is 1. The van der Waals surface area contributed by atoms with Gasteiger partial charge >= 0.3 is 6.09 Å². The molecule has 1 saturated heterocycles. The van der Waals surface area contributed by atoms with Gasteiger partial charge in [0.15, 0.2) is 0 Å². The lowest BCUT2D eigenvalue weighted by Gasteiger charge is -2.38. The van der Waals surface area contributed by atoms with E-state index in [1.807, 2.05) is 48.7 Å². The van der Waals surface area contributed by atoms with Crippen molar-refractivity contribution in [3.05, 3.63) is 71.9 Å². The molecule has 0 radical (unpaired) electrons. The first-order chi connectivity index (χ1) is 19.4. The summed E-state index contributed by atoms with van der Waals surface area (Å²) in [4.78, 5) is 44.9. The molecule has 3 amide bonds. The number of hydrogen-bond acceptors (Lipinski definition) is 5. The van der Waals surface area contributed by atoms with E-state index < -0.39 is 35.2 Å². The van der Waals surface area contributed by atoms with Crippen LogP contribution in [0.2, 0.25) is 0 Å². The second-order valence-corrected chi connectivity index (χ2v) is 12.2. The number of fused-ring (bicyclic) bond motifs is 1. The van der Waals surface area contributed by atoms with Gasteiger partial charge in [-0.2, -0.15) is 5.26 Å². The molecule has 3 atom stereocenters. The number of H-pyrrole nitrogens is 1. The second kappa shape index (κ2) is 12.0. The molecule has 1 aromatic heterocycles. The van der Waals surface area contributed by atoms with Gasteiger partial charge in [-0.15, -0.1) is 0 Å². The van der Waals surface area contributed by atoms with Crippen LogP contribution in [0.4, 0.5) is 4.79 Å². The Morgan fingerprint density at radius 1 is 1.07 bits per heavy atom. The number of alkyl carbamates (subject to hydrolysis) is 1. The number of nitriles is 1. The van der Waals surface area contributed by atoms with Gasteiger partial charge in [-0.1, -0.05) is 48.5 Å². The zero-order valence-electron chi connectivity index (χ0n) is 24.4. The van der Waals surface area contributed by atoms with Crippen LogP contribution in [-0.2, 0) is 20.7 Å². The number of hydrogen-bond donors (Lipinski definition) is 3. The van der Waals surface area contributed by atoms with Gasteiger partial charge in [0.25, 0.3) is 0 Å². The number of ether oxygens (including phenoxy) is 1. The Balaban J connectivity index is 1.57. The summed E-state index contributed by atoms with van der Waals surface area (Å²) in [6.45, 7) is 8.73. The second-order valence-electron chi connectivity index (χ2n) is 12.2. The Kier molecular flexibility index (Phi) is 8.72. The summed E-state index contributed by atoms with van der Waals surface area (Å²) in [5.74, 6) is -0.687. The summed E-state index contributed by atoms with van der Waals surface area (Å²) < 4.78 is 5.33. The third kappa shape index (κ3) is 7.26. The van der Waals surface area contributed by atoms with Crippen LogP contribution >= 0.6 is 0 Å². The molecule has 1 fully saturated rings. The third-order valence-electron chi connectivity index (χ3n) is 7.39. The van der Waals surface area contributed by atoms with Crippen LogP contribution in [-0.4, -0.2) is 57.6 Å². The standard InChI is InChI=1S/C32H39N5O4/c1-31(2,3)41-30(40)36-32(4,5)29(39)35-27(18-23-20-34-26-14-10-9-13-25(23)26)28(38)37-16-15-22(17-24(37)19-33)21-11-7-6-8-12-21/h6-14,20,22,24,27,34H,15-18H2,1-5H3,(H,35,39)(H,36,40)/t22?,24?,27-/m1/s1. The van der Waals surface area contributed by atoms with Crippen molar-refractivity contribution >= 4 is 28.8 Å². The Labute approximate surface area is 241 Å². The van der Waals surface area contributed by atoms with E-state index in [4.69, 9.17) is 4.74 Å². The van der Waals surface area contributed by atoms with Crippen LogP contribution in [0.5, 0.6) is 0 Å². The van der Waals surface area contributed by atoms with Crippen molar-refractivity contribution in [1.82, 2.24) is 20.5 Å². The van der Waals surface area contributed by atoms with E-state index in [1.54, 1.807) is 39.5 Å². The maximum Gasteiger partial charge on any atom is 0.408 e. The molecule has 3 N–H and O–H groups in total. The summed E-state index contributed by atoms with van der Waals surface area (Å²) >= 11 is 0. The van der Waals surface area contributed by atoms with Gasteiger partial charge in [0.2, 0.25) is 11.8 Å². The number of amides is 3. The van der Waals surface area contributed by atoms with E-state index in [-0.39, 0.29) is 18.2 Å². The monoisotopic (exact) mass is 557 g/mol. The number of likely N-dealkylation sites (tertiary alicyclic amines) is 1. The molecule has 9 nitrogen and oxygen atoms in total. The number of piperidine rings is 1. The molecule has 0 aliphatic carbocycles. The number of carbonyl (C=O) groups excluding carboxylic acids is 3. The van der Waals surface area contributed by atoms with Crippen molar-refractivity contribution in [2.24, 2.45) is 0 Å². The summed E-state index contributed by atoms with van der Waals surface area (Å²) in [6, 6.07) is 18.5. The first-order valence-corrected chi connectivity index (χ1v) is 14.0. The van der Waals surface area contributed by atoms with E-state index in [0.717, 1.165) is 22.0 Å². The molecule has 1 aliphatic rings. The van der Waals surface area contributed by atoms with Gasteiger partial charge in [-0.3, -0.25) is 9.59 Å². The Hall–Kier alpha value is -4.32. The number of carbonyl (C=O) groups is 3. The maximum atomic E-state index is 14.1. The molecule has 0 spiro atoms.